The summed E-state index contributed by atoms with van der Waals surface area (Å²) in [5.41, 5.74) is 1.44. The molecule has 1 saturated heterocycles. The van der Waals surface area contributed by atoms with Crippen LogP contribution in [-0.2, 0) is 4.79 Å². The van der Waals surface area contributed by atoms with Crippen molar-refractivity contribution in [3.63, 3.8) is 0 Å². The van der Waals surface area contributed by atoms with Crippen molar-refractivity contribution in [1.29, 1.82) is 0 Å². The zero-order valence-corrected chi connectivity index (χ0v) is 13.8. The van der Waals surface area contributed by atoms with Crippen LogP contribution in [0.25, 0.3) is 0 Å². The molecule has 1 aliphatic rings. The first-order valence-electron chi connectivity index (χ1n) is 8.21. The highest BCUT2D eigenvalue weighted by atomic mass is 16.2. The van der Waals surface area contributed by atoms with Crippen molar-refractivity contribution in [1.82, 2.24) is 10.6 Å². The van der Waals surface area contributed by atoms with Crippen molar-refractivity contribution >= 4 is 23.3 Å². The van der Waals surface area contributed by atoms with Gasteiger partial charge < -0.3 is 21.3 Å². The van der Waals surface area contributed by atoms with E-state index in [4.69, 9.17) is 0 Å². The minimum absolute atomic E-state index is 0.0372. The first-order chi connectivity index (χ1) is 11.0. The van der Waals surface area contributed by atoms with Crippen LogP contribution in [0.4, 0.5) is 16.2 Å². The normalized spacial score (nSPS) is 17.1. The van der Waals surface area contributed by atoms with E-state index in [-0.39, 0.29) is 18.0 Å². The third kappa shape index (κ3) is 6.28. The average Bonchev–Trinajstić information content (AvgIpc) is 3.00. The Hall–Kier alpha value is -2.08. The van der Waals surface area contributed by atoms with E-state index in [1.54, 1.807) is 24.3 Å². The zero-order chi connectivity index (χ0) is 16.7. The average molecular weight is 318 g/mol. The molecule has 0 bridgehead atoms. The van der Waals surface area contributed by atoms with Crippen LogP contribution in [-0.4, -0.2) is 31.1 Å². The highest BCUT2D eigenvalue weighted by Crippen LogP contribution is 2.17. The van der Waals surface area contributed by atoms with E-state index in [9.17, 15) is 9.59 Å². The molecular weight excluding hydrogens is 292 g/mol. The second-order valence-corrected chi connectivity index (χ2v) is 6.28. The molecule has 0 saturated carbocycles. The summed E-state index contributed by atoms with van der Waals surface area (Å²) in [7, 11) is 0. The molecule has 3 amide bonds. The number of anilines is 2. The lowest BCUT2D eigenvalue weighted by Gasteiger charge is -2.11. The molecule has 126 valence electrons. The molecule has 1 fully saturated rings. The SMILES string of the molecule is CC(C)NC(=O)Nc1ccc(NC(=O)CCC2CCNC2)cc1. The fourth-order valence-corrected chi connectivity index (χ4v) is 2.59. The van der Waals surface area contributed by atoms with Gasteiger partial charge in [0.05, 0.1) is 0 Å². The predicted octanol–water partition coefficient (Wildman–Crippen LogP) is 2.54. The maximum Gasteiger partial charge on any atom is 0.319 e. The third-order valence-electron chi connectivity index (χ3n) is 3.79. The quantitative estimate of drug-likeness (QED) is 0.650. The third-order valence-corrected chi connectivity index (χ3v) is 3.79. The van der Waals surface area contributed by atoms with Crippen LogP contribution in [0, 0.1) is 5.92 Å². The van der Waals surface area contributed by atoms with Crippen LogP contribution in [0.3, 0.4) is 0 Å². The van der Waals surface area contributed by atoms with Gasteiger partial charge >= 0.3 is 6.03 Å². The summed E-state index contributed by atoms with van der Waals surface area (Å²) in [6.45, 7) is 5.89. The largest absolute Gasteiger partial charge is 0.336 e. The number of nitrogens with one attached hydrogen (secondary N) is 4. The van der Waals surface area contributed by atoms with Crippen LogP contribution in [0.2, 0.25) is 0 Å². The summed E-state index contributed by atoms with van der Waals surface area (Å²) in [6, 6.07) is 6.98. The lowest BCUT2D eigenvalue weighted by Crippen LogP contribution is -2.34. The Morgan fingerprint density at radius 1 is 1.17 bits per heavy atom. The molecule has 0 radical (unpaired) electrons. The molecular formula is C17H26N4O2. The number of amides is 3. The monoisotopic (exact) mass is 318 g/mol. The van der Waals surface area contributed by atoms with Gasteiger partial charge in [0.25, 0.3) is 0 Å². The molecule has 6 nitrogen and oxygen atoms in total. The number of rotatable bonds is 6. The number of hydrogen-bond donors (Lipinski definition) is 4. The van der Waals surface area contributed by atoms with Crippen molar-refractivity contribution in [2.45, 2.75) is 39.2 Å². The highest BCUT2D eigenvalue weighted by molar-refractivity contribution is 5.92. The van der Waals surface area contributed by atoms with Gasteiger partial charge in [-0.3, -0.25) is 4.79 Å². The summed E-state index contributed by atoms with van der Waals surface area (Å²) in [5.74, 6) is 0.655. The molecule has 23 heavy (non-hydrogen) atoms. The Bertz CT molecular complexity index is 522. The van der Waals surface area contributed by atoms with E-state index < -0.39 is 0 Å². The Morgan fingerprint density at radius 3 is 2.39 bits per heavy atom. The van der Waals surface area contributed by atoms with Gasteiger partial charge in [0, 0.05) is 23.8 Å². The lowest BCUT2D eigenvalue weighted by molar-refractivity contribution is -0.116. The number of benzene rings is 1. The van der Waals surface area contributed by atoms with Gasteiger partial charge in [0.2, 0.25) is 5.91 Å². The van der Waals surface area contributed by atoms with Crippen molar-refractivity contribution in [2.75, 3.05) is 23.7 Å². The van der Waals surface area contributed by atoms with Crippen molar-refractivity contribution < 1.29 is 9.59 Å². The van der Waals surface area contributed by atoms with Crippen LogP contribution >= 0.6 is 0 Å². The van der Waals surface area contributed by atoms with E-state index >= 15 is 0 Å². The fraction of sp³-hybridized carbons (Fsp3) is 0.529. The number of hydrogen-bond acceptors (Lipinski definition) is 3. The molecule has 1 unspecified atom stereocenters. The predicted molar refractivity (Wildman–Crippen MR) is 92.6 cm³/mol. The van der Waals surface area contributed by atoms with Crippen molar-refractivity contribution in [3.8, 4) is 0 Å². The van der Waals surface area contributed by atoms with Gasteiger partial charge in [-0.15, -0.1) is 0 Å². The molecule has 1 aromatic carbocycles. The highest BCUT2D eigenvalue weighted by Gasteiger charge is 2.15. The van der Waals surface area contributed by atoms with Crippen LogP contribution in [0.15, 0.2) is 24.3 Å². The van der Waals surface area contributed by atoms with Crippen LogP contribution < -0.4 is 21.3 Å². The van der Waals surface area contributed by atoms with Gasteiger partial charge in [-0.1, -0.05) is 0 Å². The molecule has 6 heteroatoms. The lowest BCUT2D eigenvalue weighted by atomic mass is 10.0. The van der Waals surface area contributed by atoms with Gasteiger partial charge in [-0.05, 0) is 70.0 Å². The molecule has 2 rings (SSSR count). The Kier molecular flexibility index (Phi) is 6.40. The molecule has 1 aromatic rings. The Morgan fingerprint density at radius 2 is 1.83 bits per heavy atom. The summed E-state index contributed by atoms with van der Waals surface area (Å²) >= 11 is 0. The minimum Gasteiger partial charge on any atom is -0.336 e. The first-order valence-corrected chi connectivity index (χ1v) is 8.21. The van der Waals surface area contributed by atoms with E-state index in [0.29, 0.717) is 18.0 Å². The number of carbonyl (C=O) groups is 2. The molecule has 1 heterocycles. The van der Waals surface area contributed by atoms with Crippen molar-refractivity contribution in [3.05, 3.63) is 24.3 Å². The molecule has 0 aliphatic carbocycles. The standard InChI is InChI=1S/C17H26N4O2/c1-12(2)19-17(23)21-15-6-4-14(5-7-15)20-16(22)8-3-13-9-10-18-11-13/h4-7,12-13,18H,3,8-11H2,1-2H3,(H,20,22)(H2,19,21,23). The molecule has 0 aromatic heterocycles. The second kappa shape index (κ2) is 8.53. The summed E-state index contributed by atoms with van der Waals surface area (Å²) in [5, 5.41) is 11.7. The maximum absolute atomic E-state index is 11.9. The Balaban J connectivity index is 1.75. The van der Waals surface area contributed by atoms with Gasteiger partial charge in [-0.25, -0.2) is 4.79 Å². The van der Waals surface area contributed by atoms with E-state index in [2.05, 4.69) is 21.3 Å². The Labute approximate surface area is 137 Å². The fourth-order valence-electron chi connectivity index (χ4n) is 2.59. The van der Waals surface area contributed by atoms with Gasteiger partial charge in [-0.2, -0.15) is 0 Å². The van der Waals surface area contributed by atoms with Gasteiger partial charge in [0.15, 0.2) is 0 Å². The topological polar surface area (TPSA) is 82.3 Å². The number of carbonyl (C=O) groups excluding carboxylic acids is 2. The van der Waals surface area contributed by atoms with Crippen molar-refractivity contribution in [2.24, 2.45) is 5.92 Å². The molecule has 1 atom stereocenters. The van der Waals surface area contributed by atoms with Crippen LogP contribution in [0.1, 0.15) is 33.1 Å². The minimum atomic E-state index is -0.234. The smallest absolute Gasteiger partial charge is 0.319 e. The molecule has 0 spiro atoms. The summed E-state index contributed by atoms with van der Waals surface area (Å²) < 4.78 is 0. The zero-order valence-electron chi connectivity index (χ0n) is 13.8. The van der Waals surface area contributed by atoms with E-state index in [0.717, 1.165) is 31.6 Å². The van der Waals surface area contributed by atoms with Gasteiger partial charge in [0.1, 0.15) is 0 Å². The first kappa shape index (κ1) is 17.3. The van der Waals surface area contributed by atoms with E-state index in [1.165, 1.54) is 0 Å². The van der Waals surface area contributed by atoms with Crippen LogP contribution in [0.5, 0.6) is 0 Å². The summed E-state index contributed by atoms with van der Waals surface area (Å²) in [6.07, 6.45) is 2.63. The second-order valence-electron chi connectivity index (χ2n) is 6.28. The molecule has 4 N–H and O–H groups in total. The summed E-state index contributed by atoms with van der Waals surface area (Å²) in [4.78, 5) is 23.5. The van der Waals surface area contributed by atoms with E-state index in [1.807, 2.05) is 13.8 Å². The number of urea groups is 1. The maximum atomic E-state index is 11.9. The molecule has 1 aliphatic heterocycles.